The number of carbonyl (C=O) groups is 1. The molecule has 0 radical (unpaired) electrons. The largest absolute Gasteiger partial charge is 0.384 e. The van der Waals surface area contributed by atoms with Gasteiger partial charge in [0.05, 0.1) is 12.4 Å². The lowest BCUT2D eigenvalue weighted by atomic mass is 10.2. The third kappa shape index (κ3) is 5.35. The number of anilines is 1. The molecule has 0 unspecified atom stereocenters. The van der Waals surface area contributed by atoms with Crippen LogP contribution in [0.1, 0.15) is 5.56 Å². The van der Waals surface area contributed by atoms with Crippen molar-refractivity contribution in [3.05, 3.63) is 29.6 Å². The van der Waals surface area contributed by atoms with Crippen LogP contribution in [0.3, 0.4) is 0 Å². The van der Waals surface area contributed by atoms with Gasteiger partial charge >= 0.3 is 0 Å². The lowest BCUT2D eigenvalue weighted by molar-refractivity contribution is -0.113. The lowest BCUT2D eigenvalue weighted by Gasteiger charge is -2.08. The highest BCUT2D eigenvalue weighted by Gasteiger charge is 2.17. The quantitative estimate of drug-likeness (QED) is 0.852. The minimum Gasteiger partial charge on any atom is -0.384 e. The maximum absolute atomic E-state index is 13.0. The van der Waals surface area contributed by atoms with Crippen molar-refractivity contribution in [2.75, 3.05) is 30.5 Å². The zero-order chi connectivity index (χ0) is 14.5. The summed E-state index contributed by atoms with van der Waals surface area (Å²) in [6, 6.07) is 3.92. The molecule has 1 aromatic carbocycles. The molecule has 1 N–H and O–H groups in total. The zero-order valence-electron chi connectivity index (χ0n) is 10.8. The van der Waals surface area contributed by atoms with Crippen molar-refractivity contribution in [2.24, 2.45) is 0 Å². The molecule has 0 saturated heterocycles. The number of carbonyl (C=O) groups excluding carboxylic acids is 1. The zero-order valence-corrected chi connectivity index (χ0v) is 11.6. The van der Waals surface area contributed by atoms with Gasteiger partial charge in [0.25, 0.3) is 0 Å². The van der Waals surface area contributed by atoms with Gasteiger partial charge in [0, 0.05) is 12.8 Å². The number of halogens is 1. The maximum Gasteiger partial charge on any atom is 0.239 e. The molecule has 1 amide bonds. The fourth-order valence-corrected chi connectivity index (χ4v) is 2.43. The summed E-state index contributed by atoms with van der Waals surface area (Å²) in [7, 11) is -2.14. The molecule has 0 atom stereocenters. The Morgan fingerprint density at radius 2 is 2.11 bits per heavy atom. The second-order valence-corrected chi connectivity index (χ2v) is 6.28. The molecule has 0 saturated carbocycles. The van der Waals surface area contributed by atoms with Crippen molar-refractivity contribution < 1.29 is 22.3 Å². The van der Waals surface area contributed by atoms with Crippen molar-refractivity contribution in [3.63, 3.8) is 0 Å². The van der Waals surface area contributed by atoms with Gasteiger partial charge in [-0.15, -0.1) is 0 Å². The number of benzene rings is 1. The van der Waals surface area contributed by atoms with Crippen molar-refractivity contribution in [1.29, 1.82) is 0 Å². The summed E-state index contributed by atoms with van der Waals surface area (Å²) in [6.45, 7) is 1.73. The van der Waals surface area contributed by atoms with Gasteiger partial charge in [-0.2, -0.15) is 0 Å². The normalized spacial score (nSPS) is 11.3. The average molecular weight is 289 g/mol. The first-order valence-corrected chi connectivity index (χ1v) is 7.41. The third-order valence-electron chi connectivity index (χ3n) is 2.42. The minimum atomic E-state index is -3.52. The number of nitrogens with one attached hydrogen (secondary N) is 1. The van der Waals surface area contributed by atoms with Gasteiger partial charge in [-0.25, -0.2) is 12.8 Å². The Labute approximate surface area is 111 Å². The molecule has 0 bridgehead atoms. The highest BCUT2D eigenvalue weighted by molar-refractivity contribution is 7.92. The lowest BCUT2D eigenvalue weighted by Crippen LogP contribution is -2.26. The molecule has 1 rings (SSSR count). The maximum atomic E-state index is 13.0. The van der Waals surface area contributed by atoms with Crippen LogP contribution in [0.5, 0.6) is 0 Å². The Bertz CT molecular complexity index is 557. The Morgan fingerprint density at radius 3 is 2.74 bits per heavy atom. The van der Waals surface area contributed by atoms with Crippen molar-refractivity contribution in [3.8, 4) is 0 Å². The highest BCUT2D eigenvalue weighted by Crippen LogP contribution is 2.15. The fraction of sp³-hybridized carbons (Fsp3) is 0.417. The van der Waals surface area contributed by atoms with E-state index in [0.717, 1.165) is 6.07 Å². The molecule has 0 fully saturated rings. The summed E-state index contributed by atoms with van der Waals surface area (Å²) in [5, 5.41) is 2.38. The van der Waals surface area contributed by atoms with E-state index < -0.39 is 27.3 Å². The number of hydrogen-bond donors (Lipinski definition) is 1. The van der Waals surface area contributed by atoms with Gasteiger partial charge in [0.1, 0.15) is 11.6 Å². The fourth-order valence-electron chi connectivity index (χ4n) is 1.40. The first kappa shape index (κ1) is 15.6. The van der Waals surface area contributed by atoms with E-state index in [1.807, 2.05) is 0 Å². The topological polar surface area (TPSA) is 72.5 Å². The number of rotatable bonds is 6. The third-order valence-corrected chi connectivity index (χ3v) is 3.91. The molecule has 0 heterocycles. The van der Waals surface area contributed by atoms with Crippen LogP contribution >= 0.6 is 0 Å². The molecule has 0 aliphatic heterocycles. The number of aryl methyl sites for hydroxylation is 1. The predicted molar refractivity (Wildman–Crippen MR) is 70.3 cm³/mol. The molecular weight excluding hydrogens is 273 g/mol. The predicted octanol–water partition coefficient (Wildman–Crippen LogP) is 1.13. The summed E-state index contributed by atoms with van der Waals surface area (Å²) in [6.07, 6.45) is 0. The van der Waals surface area contributed by atoms with Crippen molar-refractivity contribution in [1.82, 2.24) is 0 Å². The van der Waals surface area contributed by atoms with E-state index in [2.05, 4.69) is 10.1 Å². The summed E-state index contributed by atoms with van der Waals surface area (Å²) in [5.74, 6) is -2.06. The summed E-state index contributed by atoms with van der Waals surface area (Å²) in [4.78, 5) is 11.6. The molecule has 1 aromatic rings. The molecule has 0 aliphatic carbocycles. The van der Waals surface area contributed by atoms with Crippen molar-refractivity contribution in [2.45, 2.75) is 6.92 Å². The van der Waals surface area contributed by atoms with Crippen LogP contribution in [0.2, 0.25) is 0 Å². The van der Waals surface area contributed by atoms with Gasteiger partial charge < -0.3 is 10.1 Å². The Morgan fingerprint density at radius 1 is 1.42 bits per heavy atom. The van der Waals surface area contributed by atoms with Crippen LogP contribution in [0.15, 0.2) is 18.2 Å². The van der Waals surface area contributed by atoms with Gasteiger partial charge in [-0.05, 0) is 24.6 Å². The summed E-state index contributed by atoms with van der Waals surface area (Å²) in [5.41, 5.74) is 0.927. The van der Waals surface area contributed by atoms with Gasteiger partial charge in [0.15, 0.2) is 9.84 Å². The molecule has 106 valence electrons. The number of amides is 1. The molecule has 0 aromatic heterocycles. The van der Waals surface area contributed by atoms with E-state index >= 15 is 0 Å². The van der Waals surface area contributed by atoms with E-state index in [-0.39, 0.29) is 18.0 Å². The average Bonchev–Trinajstić information content (AvgIpc) is 2.30. The van der Waals surface area contributed by atoms with E-state index in [9.17, 15) is 17.6 Å². The van der Waals surface area contributed by atoms with E-state index in [1.54, 1.807) is 6.92 Å². The second kappa shape index (κ2) is 6.63. The van der Waals surface area contributed by atoms with E-state index in [4.69, 9.17) is 0 Å². The molecule has 0 aliphatic rings. The van der Waals surface area contributed by atoms with Crippen LogP contribution < -0.4 is 5.32 Å². The molecule has 0 spiro atoms. The minimum absolute atomic E-state index is 0.0363. The summed E-state index contributed by atoms with van der Waals surface area (Å²) < 4.78 is 40.7. The van der Waals surface area contributed by atoms with Crippen LogP contribution in [-0.2, 0) is 19.4 Å². The standard InChI is InChI=1S/C12H16FNO4S/c1-9-3-4-10(13)7-11(9)14-12(15)8-19(16,17)6-5-18-2/h3-4,7H,5-6,8H2,1-2H3,(H,14,15). The van der Waals surface area contributed by atoms with Crippen LogP contribution in [-0.4, -0.2) is 39.5 Å². The number of hydrogen-bond acceptors (Lipinski definition) is 4. The Hall–Kier alpha value is -1.47. The van der Waals surface area contributed by atoms with Crippen molar-refractivity contribution >= 4 is 21.4 Å². The molecule has 7 heteroatoms. The molecular formula is C12H16FNO4S. The second-order valence-electron chi connectivity index (χ2n) is 4.09. The van der Waals surface area contributed by atoms with Gasteiger partial charge in [-0.1, -0.05) is 6.07 Å². The molecule has 5 nitrogen and oxygen atoms in total. The van der Waals surface area contributed by atoms with E-state index in [1.165, 1.54) is 19.2 Å². The van der Waals surface area contributed by atoms with E-state index in [0.29, 0.717) is 5.56 Å². The SMILES string of the molecule is COCCS(=O)(=O)CC(=O)Nc1cc(F)ccc1C. The number of ether oxygens (including phenoxy) is 1. The Kier molecular flexibility index (Phi) is 5.44. The Balaban J connectivity index is 2.68. The number of sulfone groups is 1. The molecule has 19 heavy (non-hydrogen) atoms. The van der Waals surface area contributed by atoms with Gasteiger partial charge in [-0.3, -0.25) is 4.79 Å². The van der Waals surface area contributed by atoms with Crippen LogP contribution in [0.4, 0.5) is 10.1 Å². The summed E-state index contributed by atoms with van der Waals surface area (Å²) >= 11 is 0. The monoisotopic (exact) mass is 289 g/mol. The first-order valence-electron chi connectivity index (χ1n) is 5.59. The first-order chi connectivity index (χ1) is 8.84. The van der Waals surface area contributed by atoms with Crippen LogP contribution in [0.25, 0.3) is 0 Å². The van der Waals surface area contributed by atoms with Crippen LogP contribution in [0, 0.1) is 12.7 Å². The smallest absolute Gasteiger partial charge is 0.239 e. The highest BCUT2D eigenvalue weighted by atomic mass is 32.2. The van der Waals surface area contributed by atoms with Gasteiger partial charge in [0.2, 0.25) is 5.91 Å². The number of methoxy groups -OCH3 is 1.